The third-order valence-corrected chi connectivity index (χ3v) is 3.66. The molecule has 2 N–H and O–H groups in total. The monoisotopic (exact) mass is 355 g/mol. The molecule has 136 valence electrons. The molecule has 2 aromatic carbocycles. The largest absolute Gasteiger partial charge is 0.497 e. The Balaban J connectivity index is 1.95. The lowest BCUT2D eigenvalue weighted by atomic mass is 10.1. The highest BCUT2D eigenvalue weighted by molar-refractivity contribution is 6.35. The third-order valence-electron chi connectivity index (χ3n) is 3.66. The second kappa shape index (κ2) is 9.22. The van der Waals surface area contributed by atoms with Gasteiger partial charge in [-0.25, -0.2) is 5.43 Å². The Morgan fingerprint density at radius 3 is 2.42 bits per heavy atom. The standard InChI is InChI=1S/C19H21N3O4/c1-13(14-7-5-4-6-8-14)21-18(23)19(24)22-20-12-15-11-16(25-2)9-10-17(15)26-3/h4-13H,1-3H3,(H,21,23)(H,22,24)/b20-12-/t13-/m0/s1. The van der Waals surface area contributed by atoms with Gasteiger partial charge in [0.15, 0.2) is 0 Å². The predicted molar refractivity (Wildman–Crippen MR) is 98.3 cm³/mol. The van der Waals surface area contributed by atoms with E-state index in [1.165, 1.54) is 13.3 Å². The average Bonchev–Trinajstić information content (AvgIpc) is 2.68. The maximum absolute atomic E-state index is 12.0. The van der Waals surface area contributed by atoms with Crippen molar-refractivity contribution in [2.45, 2.75) is 13.0 Å². The van der Waals surface area contributed by atoms with E-state index in [2.05, 4.69) is 15.8 Å². The van der Waals surface area contributed by atoms with Crippen LogP contribution in [-0.4, -0.2) is 32.2 Å². The molecule has 7 nitrogen and oxygen atoms in total. The lowest BCUT2D eigenvalue weighted by Crippen LogP contribution is -2.39. The second-order valence-corrected chi connectivity index (χ2v) is 5.41. The number of methoxy groups -OCH3 is 2. The van der Waals surface area contributed by atoms with E-state index in [-0.39, 0.29) is 6.04 Å². The van der Waals surface area contributed by atoms with Crippen molar-refractivity contribution in [3.8, 4) is 11.5 Å². The molecule has 1 atom stereocenters. The number of nitrogens with zero attached hydrogens (tertiary/aromatic N) is 1. The summed E-state index contributed by atoms with van der Waals surface area (Å²) in [5.74, 6) is -0.444. The van der Waals surface area contributed by atoms with Crippen LogP contribution in [0.25, 0.3) is 0 Å². The molecule has 26 heavy (non-hydrogen) atoms. The summed E-state index contributed by atoms with van der Waals surface area (Å²) in [5, 5.41) is 6.42. The molecule has 0 bridgehead atoms. The summed E-state index contributed by atoms with van der Waals surface area (Å²) in [7, 11) is 3.07. The van der Waals surface area contributed by atoms with Gasteiger partial charge in [0.25, 0.3) is 0 Å². The molecule has 0 spiro atoms. The van der Waals surface area contributed by atoms with E-state index in [4.69, 9.17) is 9.47 Å². The smallest absolute Gasteiger partial charge is 0.329 e. The molecule has 0 unspecified atom stereocenters. The predicted octanol–water partition coefficient (Wildman–Crippen LogP) is 2.03. The number of nitrogens with one attached hydrogen (secondary N) is 2. The molecule has 0 saturated carbocycles. The summed E-state index contributed by atoms with van der Waals surface area (Å²) in [5.41, 5.74) is 3.70. The Morgan fingerprint density at radius 2 is 1.77 bits per heavy atom. The minimum atomic E-state index is -0.856. The molecule has 0 fully saturated rings. The van der Waals surface area contributed by atoms with Gasteiger partial charge >= 0.3 is 11.8 Å². The van der Waals surface area contributed by atoms with Crippen molar-refractivity contribution in [1.29, 1.82) is 0 Å². The minimum Gasteiger partial charge on any atom is -0.497 e. The number of hydrazone groups is 1. The number of benzene rings is 2. The molecule has 2 rings (SSSR count). The van der Waals surface area contributed by atoms with Crippen molar-refractivity contribution in [3.05, 3.63) is 59.7 Å². The molecule has 2 aromatic rings. The van der Waals surface area contributed by atoms with Crippen LogP contribution in [0.15, 0.2) is 53.6 Å². The van der Waals surface area contributed by atoms with Crippen LogP contribution in [0.3, 0.4) is 0 Å². The van der Waals surface area contributed by atoms with E-state index in [1.54, 1.807) is 32.2 Å². The number of ether oxygens (including phenoxy) is 2. The van der Waals surface area contributed by atoms with E-state index >= 15 is 0 Å². The van der Waals surface area contributed by atoms with Crippen molar-refractivity contribution in [2.75, 3.05) is 14.2 Å². The van der Waals surface area contributed by atoms with Gasteiger partial charge in [0.2, 0.25) is 0 Å². The van der Waals surface area contributed by atoms with Crippen LogP contribution < -0.4 is 20.2 Å². The first-order valence-corrected chi connectivity index (χ1v) is 7.96. The minimum absolute atomic E-state index is 0.295. The number of amides is 2. The van der Waals surface area contributed by atoms with Crippen LogP contribution in [0.2, 0.25) is 0 Å². The summed E-state index contributed by atoms with van der Waals surface area (Å²) in [4.78, 5) is 23.8. The number of hydrogen-bond donors (Lipinski definition) is 2. The van der Waals surface area contributed by atoms with Crippen LogP contribution in [0.4, 0.5) is 0 Å². The molecule has 0 aromatic heterocycles. The number of carbonyl (C=O) groups is 2. The van der Waals surface area contributed by atoms with Crippen molar-refractivity contribution in [1.82, 2.24) is 10.7 Å². The zero-order chi connectivity index (χ0) is 18.9. The molecule has 0 heterocycles. The highest BCUT2D eigenvalue weighted by Gasteiger charge is 2.16. The molecule has 0 radical (unpaired) electrons. The van der Waals surface area contributed by atoms with E-state index in [0.29, 0.717) is 17.1 Å². The Bertz CT molecular complexity index is 791. The van der Waals surface area contributed by atoms with Crippen molar-refractivity contribution in [3.63, 3.8) is 0 Å². The molecule has 0 aliphatic carbocycles. The van der Waals surface area contributed by atoms with Gasteiger partial charge in [-0.2, -0.15) is 5.10 Å². The Morgan fingerprint density at radius 1 is 1.04 bits per heavy atom. The van der Waals surface area contributed by atoms with Gasteiger partial charge in [-0.3, -0.25) is 9.59 Å². The zero-order valence-corrected chi connectivity index (χ0v) is 14.9. The maximum atomic E-state index is 12.0. The van der Waals surface area contributed by atoms with Gasteiger partial charge < -0.3 is 14.8 Å². The number of carbonyl (C=O) groups excluding carboxylic acids is 2. The topological polar surface area (TPSA) is 89.0 Å². The molecular weight excluding hydrogens is 334 g/mol. The zero-order valence-electron chi connectivity index (χ0n) is 14.9. The second-order valence-electron chi connectivity index (χ2n) is 5.41. The van der Waals surface area contributed by atoms with Crippen molar-refractivity contribution >= 4 is 18.0 Å². The molecule has 0 aliphatic heterocycles. The first-order valence-electron chi connectivity index (χ1n) is 7.96. The Hall–Kier alpha value is -3.35. The lowest BCUT2D eigenvalue weighted by Gasteiger charge is -2.13. The molecule has 7 heteroatoms. The van der Waals surface area contributed by atoms with Crippen LogP contribution in [0.1, 0.15) is 24.1 Å². The molecule has 2 amide bonds. The Labute approximate surface area is 152 Å². The number of hydrogen-bond acceptors (Lipinski definition) is 5. The first-order chi connectivity index (χ1) is 12.5. The fourth-order valence-corrected chi connectivity index (χ4v) is 2.24. The fraction of sp³-hybridized carbons (Fsp3) is 0.211. The molecule has 0 saturated heterocycles. The maximum Gasteiger partial charge on any atom is 0.329 e. The Kier molecular flexibility index (Phi) is 6.73. The summed E-state index contributed by atoms with van der Waals surface area (Å²) >= 11 is 0. The first kappa shape index (κ1) is 19.0. The number of rotatable bonds is 6. The van der Waals surface area contributed by atoms with E-state index < -0.39 is 11.8 Å². The quantitative estimate of drug-likeness (QED) is 0.471. The van der Waals surface area contributed by atoms with Crippen LogP contribution in [-0.2, 0) is 9.59 Å². The van der Waals surface area contributed by atoms with Gasteiger partial charge in [-0.15, -0.1) is 0 Å². The highest BCUT2D eigenvalue weighted by atomic mass is 16.5. The summed E-state index contributed by atoms with van der Waals surface area (Å²) in [6, 6.07) is 14.2. The van der Waals surface area contributed by atoms with Gasteiger partial charge in [-0.1, -0.05) is 30.3 Å². The van der Waals surface area contributed by atoms with E-state index in [0.717, 1.165) is 5.56 Å². The summed E-state index contributed by atoms with van der Waals surface area (Å²) in [6.07, 6.45) is 1.38. The molecular formula is C19H21N3O4. The normalized spacial score (nSPS) is 11.7. The third kappa shape index (κ3) is 5.07. The van der Waals surface area contributed by atoms with Gasteiger partial charge in [-0.05, 0) is 30.7 Å². The van der Waals surface area contributed by atoms with E-state index in [9.17, 15) is 9.59 Å². The van der Waals surface area contributed by atoms with Gasteiger partial charge in [0, 0.05) is 5.56 Å². The van der Waals surface area contributed by atoms with Crippen molar-refractivity contribution < 1.29 is 19.1 Å². The lowest BCUT2D eigenvalue weighted by molar-refractivity contribution is -0.139. The van der Waals surface area contributed by atoms with Gasteiger partial charge in [0.1, 0.15) is 11.5 Å². The fourth-order valence-electron chi connectivity index (χ4n) is 2.24. The van der Waals surface area contributed by atoms with Gasteiger partial charge in [0.05, 0.1) is 26.5 Å². The highest BCUT2D eigenvalue weighted by Crippen LogP contribution is 2.22. The molecule has 0 aliphatic rings. The summed E-state index contributed by atoms with van der Waals surface area (Å²) < 4.78 is 10.3. The van der Waals surface area contributed by atoms with E-state index in [1.807, 2.05) is 30.3 Å². The average molecular weight is 355 g/mol. The van der Waals surface area contributed by atoms with Crippen LogP contribution in [0, 0.1) is 0 Å². The SMILES string of the molecule is COc1ccc(OC)c(/C=N\NC(=O)C(=O)N[C@@H](C)c2ccccc2)c1. The summed E-state index contributed by atoms with van der Waals surface area (Å²) in [6.45, 7) is 1.80. The van der Waals surface area contributed by atoms with Crippen molar-refractivity contribution in [2.24, 2.45) is 5.10 Å². The van der Waals surface area contributed by atoms with Crippen LogP contribution >= 0.6 is 0 Å². The van der Waals surface area contributed by atoms with Crippen LogP contribution in [0.5, 0.6) is 11.5 Å².